The van der Waals surface area contributed by atoms with E-state index in [4.69, 9.17) is 17.3 Å². The Hall–Kier alpha value is -0.350. The molecule has 2 nitrogen and oxygen atoms in total. The zero-order valence-electron chi connectivity index (χ0n) is 6.67. The van der Waals surface area contributed by atoms with Crippen LogP contribution in [0.2, 0.25) is 0 Å². The summed E-state index contributed by atoms with van der Waals surface area (Å²) in [4.78, 5) is 10.9. The number of thiocarbonyl (C=S) groups is 1. The lowest BCUT2D eigenvalue weighted by molar-refractivity contribution is -0.113. The molecule has 0 aliphatic heterocycles. The van der Waals surface area contributed by atoms with Gasteiger partial charge >= 0.3 is 0 Å². The monoisotopic (exact) mass is 190 g/mol. The van der Waals surface area contributed by atoms with Gasteiger partial charge in [0.15, 0.2) is 5.78 Å². The van der Waals surface area contributed by atoms with E-state index in [0.29, 0.717) is 4.20 Å². The molecule has 11 heavy (non-hydrogen) atoms. The lowest BCUT2D eigenvalue weighted by Gasteiger charge is -2.02. The van der Waals surface area contributed by atoms with E-state index in [1.54, 1.807) is 6.26 Å². The zero-order chi connectivity index (χ0) is 9.02. The van der Waals surface area contributed by atoms with Crippen LogP contribution in [0.3, 0.4) is 0 Å². The number of Topliss-reactive ketones (excluding diaryl/α,β-unsaturated/α-hetero) is 1. The minimum atomic E-state index is -0.190. The smallest absolute Gasteiger partial charge is 0.165 e. The van der Waals surface area contributed by atoms with E-state index < -0.39 is 0 Å². The fourth-order valence-corrected chi connectivity index (χ4v) is 1.44. The minimum Gasteiger partial charge on any atom is -0.512 e. The third kappa shape index (κ3) is 3.03. The lowest BCUT2D eigenvalue weighted by atomic mass is 10.2. The lowest BCUT2D eigenvalue weighted by Crippen LogP contribution is -2.06. The number of rotatable bonds is 2. The van der Waals surface area contributed by atoms with Gasteiger partial charge in [0.05, 0.1) is 9.77 Å². The van der Waals surface area contributed by atoms with Crippen LogP contribution >= 0.6 is 24.0 Å². The highest BCUT2D eigenvalue weighted by atomic mass is 32.2. The number of aliphatic hydroxyl groups excluding tert-OH is 1. The van der Waals surface area contributed by atoms with E-state index in [9.17, 15) is 4.79 Å². The molecular formula is C7H10O2S2. The first-order valence-corrected chi connectivity index (χ1v) is 4.63. The summed E-state index contributed by atoms with van der Waals surface area (Å²) in [7, 11) is 0. The molecule has 0 unspecified atom stereocenters. The average molecular weight is 190 g/mol. The molecule has 0 saturated heterocycles. The highest BCUT2D eigenvalue weighted by molar-refractivity contribution is 8.23. The van der Waals surface area contributed by atoms with Crippen molar-refractivity contribution in [3.8, 4) is 0 Å². The number of ketones is 1. The van der Waals surface area contributed by atoms with Crippen molar-refractivity contribution in [3.63, 3.8) is 0 Å². The molecule has 0 aliphatic carbocycles. The topological polar surface area (TPSA) is 37.3 Å². The van der Waals surface area contributed by atoms with Crippen molar-refractivity contribution in [1.29, 1.82) is 0 Å². The third-order valence-electron chi connectivity index (χ3n) is 1.10. The molecule has 0 spiro atoms. The number of hydrogen-bond donors (Lipinski definition) is 1. The van der Waals surface area contributed by atoms with Crippen molar-refractivity contribution in [3.05, 3.63) is 11.3 Å². The third-order valence-corrected chi connectivity index (χ3v) is 2.38. The highest BCUT2D eigenvalue weighted by Gasteiger charge is 2.12. The van der Waals surface area contributed by atoms with E-state index in [2.05, 4.69) is 0 Å². The molecule has 0 aromatic heterocycles. The van der Waals surface area contributed by atoms with Crippen LogP contribution in [0.5, 0.6) is 0 Å². The molecule has 0 atom stereocenters. The molecular weight excluding hydrogens is 180 g/mol. The van der Waals surface area contributed by atoms with E-state index in [1.807, 2.05) is 0 Å². The summed E-state index contributed by atoms with van der Waals surface area (Å²) in [5, 5.41) is 9.04. The number of thioether (sulfide) groups is 1. The van der Waals surface area contributed by atoms with Gasteiger partial charge in [0.1, 0.15) is 5.76 Å². The number of carbonyl (C=O) groups is 1. The molecule has 0 amide bonds. The molecule has 4 heteroatoms. The van der Waals surface area contributed by atoms with Gasteiger partial charge in [-0.2, -0.15) is 0 Å². The van der Waals surface area contributed by atoms with Gasteiger partial charge in [0.25, 0.3) is 0 Å². The second kappa shape index (κ2) is 4.51. The standard InChI is InChI=1S/C7H10O2S2/c1-4(8)6(5(2)9)7(10)11-3/h8H,1-3H3/b6-4+. The molecule has 0 aliphatic rings. The van der Waals surface area contributed by atoms with Crippen LogP contribution in [0.1, 0.15) is 13.8 Å². The van der Waals surface area contributed by atoms with E-state index in [-0.39, 0.29) is 17.1 Å². The number of carbonyl (C=O) groups excluding carboxylic acids is 1. The van der Waals surface area contributed by atoms with Gasteiger partial charge in [0.2, 0.25) is 0 Å². The minimum absolute atomic E-state index is 0.00292. The normalized spacial score (nSPS) is 12.3. The van der Waals surface area contributed by atoms with E-state index in [0.717, 1.165) is 0 Å². The van der Waals surface area contributed by atoms with Gasteiger partial charge in [-0.3, -0.25) is 4.79 Å². The van der Waals surface area contributed by atoms with Gasteiger partial charge in [0, 0.05) is 0 Å². The zero-order valence-corrected chi connectivity index (χ0v) is 8.30. The Labute approximate surface area is 75.7 Å². The van der Waals surface area contributed by atoms with Crippen LogP contribution in [-0.4, -0.2) is 21.3 Å². The Morgan fingerprint density at radius 1 is 1.45 bits per heavy atom. The van der Waals surface area contributed by atoms with Crippen molar-refractivity contribution in [1.82, 2.24) is 0 Å². The SMILES string of the molecule is CSC(=S)/C(C(C)=O)=C(\C)O. The maximum absolute atomic E-state index is 10.9. The van der Waals surface area contributed by atoms with Gasteiger partial charge in [-0.1, -0.05) is 12.2 Å². The summed E-state index contributed by atoms with van der Waals surface area (Å²) in [6.45, 7) is 2.84. The molecule has 0 fully saturated rings. The Morgan fingerprint density at radius 2 is 1.91 bits per heavy atom. The quantitative estimate of drug-likeness (QED) is 0.411. The average Bonchev–Trinajstić information content (AvgIpc) is 1.85. The second-order valence-corrected chi connectivity index (χ2v) is 3.49. The molecule has 0 saturated carbocycles. The van der Waals surface area contributed by atoms with E-state index in [1.165, 1.54) is 25.6 Å². The summed E-state index contributed by atoms with van der Waals surface area (Å²) < 4.78 is 0.442. The van der Waals surface area contributed by atoms with Crippen LogP contribution < -0.4 is 0 Å². The molecule has 0 bridgehead atoms. The molecule has 0 radical (unpaired) electrons. The summed E-state index contributed by atoms with van der Waals surface area (Å²) in [6, 6.07) is 0. The van der Waals surface area contributed by atoms with Crippen LogP contribution in [0.25, 0.3) is 0 Å². The van der Waals surface area contributed by atoms with Gasteiger partial charge in [-0.25, -0.2) is 0 Å². The fourth-order valence-electron chi connectivity index (χ4n) is 0.648. The molecule has 0 aromatic rings. The maximum atomic E-state index is 10.9. The van der Waals surface area contributed by atoms with Crippen molar-refractivity contribution in [2.75, 3.05) is 6.26 Å². The predicted molar refractivity (Wildman–Crippen MR) is 52.1 cm³/mol. The van der Waals surface area contributed by atoms with Gasteiger partial charge in [-0.15, -0.1) is 11.8 Å². The van der Waals surface area contributed by atoms with E-state index >= 15 is 0 Å². The highest BCUT2D eigenvalue weighted by Crippen LogP contribution is 2.13. The number of hydrogen-bond acceptors (Lipinski definition) is 4. The molecule has 0 aromatic carbocycles. The maximum Gasteiger partial charge on any atom is 0.165 e. The van der Waals surface area contributed by atoms with Gasteiger partial charge < -0.3 is 5.11 Å². The molecule has 62 valence electrons. The first-order chi connectivity index (χ1) is 5.00. The fraction of sp³-hybridized carbons (Fsp3) is 0.429. The summed E-state index contributed by atoms with van der Waals surface area (Å²) in [5.74, 6) is -0.193. The van der Waals surface area contributed by atoms with Crippen molar-refractivity contribution in [2.24, 2.45) is 0 Å². The number of aliphatic hydroxyl groups is 1. The predicted octanol–water partition coefficient (Wildman–Crippen LogP) is 2.10. The number of allylic oxidation sites excluding steroid dienone is 1. The van der Waals surface area contributed by atoms with Crippen LogP contribution in [0.15, 0.2) is 11.3 Å². The summed E-state index contributed by atoms with van der Waals surface area (Å²) in [6.07, 6.45) is 1.77. The van der Waals surface area contributed by atoms with Crippen LogP contribution in [0.4, 0.5) is 0 Å². The summed E-state index contributed by atoms with van der Waals surface area (Å²) in [5.41, 5.74) is 0.257. The van der Waals surface area contributed by atoms with Gasteiger partial charge in [-0.05, 0) is 20.1 Å². The van der Waals surface area contributed by atoms with Crippen molar-refractivity contribution < 1.29 is 9.90 Å². The molecule has 0 rings (SSSR count). The Kier molecular flexibility index (Phi) is 4.37. The Balaban J connectivity index is 4.79. The van der Waals surface area contributed by atoms with Crippen molar-refractivity contribution in [2.45, 2.75) is 13.8 Å². The van der Waals surface area contributed by atoms with Crippen molar-refractivity contribution >= 4 is 34.0 Å². The molecule has 0 heterocycles. The Morgan fingerprint density at radius 3 is 2.00 bits per heavy atom. The largest absolute Gasteiger partial charge is 0.512 e. The molecule has 1 N–H and O–H groups in total. The van der Waals surface area contributed by atoms with Crippen LogP contribution in [0, 0.1) is 0 Å². The first-order valence-electron chi connectivity index (χ1n) is 2.99. The summed E-state index contributed by atoms with van der Waals surface area (Å²) >= 11 is 6.14. The second-order valence-electron chi connectivity index (χ2n) is 2.01. The Bertz CT molecular complexity index is 214. The first kappa shape index (κ1) is 10.7. The van der Waals surface area contributed by atoms with Crippen LogP contribution in [-0.2, 0) is 4.79 Å².